The lowest BCUT2D eigenvalue weighted by Crippen LogP contribution is -2.20. The van der Waals surface area contributed by atoms with Crippen molar-refractivity contribution < 1.29 is 17.9 Å². The van der Waals surface area contributed by atoms with Crippen LogP contribution in [0.15, 0.2) is 0 Å². The lowest BCUT2D eigenvalue weighted by Gasteiger charge is -2.11. The Balaban J connectivity index is 2.53. The third-order valence-corrected chi connectivity index (χ3v) is 3.41. The topological polar surface area (TPSA) is 60.4 Å². The molecule has 0 aliphatic heterocycles. The zero-order valence-electron chi connectivity index (χ0n) is 7.87. The molecule has 0 unspecified atom stereocenters. The van der Waals surface area contributed by atoms with Gasteiger partial charge in [-0.2, -0.15) is 0 Å². The molecule has 0 amide bonds. The second-order valence-electron chi connectivity index (χ2n) is 3.82. The van der Waals surface area contributed by atoms with Gasteiger partial charge in [-0.05, 0) is 18.3 Å². The first-order chi connectivity index (χ1) is 5.87. The standard InChI is InChI=1S/C8H14O4S/c1-12-7(9)5-8(3-4-8)6-13(2,10)11/h3-6H2,1-2H3. The number of esters is 1. The Morgan fingerprint density at radius 1 is 1.46 bits per heavy atom. The molecule has 0 aromatic carbocycles. The number of hydrogen-bond acceptors (Lipinski definition) is 4. The zero-order chi connectivity index (χ0) is 10.1. The third-order valence-electron chi connectivity index (χ3n) is 2.27. The number of carbonyl (C=O) groups excluding carboxylic acids is 1. The van der Waals surface area contributed by atoms with E-state index in [0.717, 1.165) is 12.8 Å². The van der Waals surface area contributed by atoms with E-state index in [2.05, 4.69) is 4.74 Å². The van der Waals surface area contributed by atoms with Crippen molar-refractivity contribution in [1.82, 2.24) is 0 Å². The van der Waals surface area contributed by atoms with E-state index in [4.69, 9.17) is 0 Å². The number of methoxy groups -OCH3 is 1. The minimum absolute atomic E-state index is 0.106. The summed E-state index contributed by atoms with van der Waals surface area (Å²) in [7, 11) is -1.66. The predicted octanol–water partition coefficient (Wildman–Crippen LogP) is 0.374. The van der Waals surface area contributed by atoms with Gasteiger partial charge in [0.2, 0.25) is 0 Å². The normalized spacial score (nSPS) is 19.5. The first-order valence-electron chi connectivity index (χ1n) is 4.11. The lowest BCUT2D eigenvalue weighted by atomic mass is 10.1. The molecule has 0 atom stereocenters. The van der Waals surface area contributed by atoms with Gasteiger partial charge in [0.25, 0.3) is 0 Å². The minimum Gasteiger partial charge on any atom is -0.469 e. The maximum atomic E-state index is 11.0. The maximum Gasteiger partial charge on any atom is 0.306 e. The summed E-state index contributed by atoms with van der Waals surface area (Å²) in [5.41, 5.74) is -0.305. The van der Waals surface area contributed by atoms with Crippen molar-refractivity contribution in [2.24, 2.45) is 5.41 Å². The molecule has 1 aliphatic rings. The van der Waals surface area contributed by atoms with Crippen LogP contribution < -0.4 is 0 Å². The van der Waals surface area contributed by atoms with Gasteiger partial charge in [-0.25, -0.2) is 8.42 Å². The predicted molar refractivity (Wildman–Crippen MR) is 48.0 cm³/mol. The molecule has 0 spiro atoms. The highest BCUT2D eigenvalue weighted by atomic mass is 32.2. The second kappa shape index (κ2) is 3.29. The quantitative estimate of drug-likeness (QED) is 0.624. The van der Waals surface area contributed by atoms with E-state index in [1.807, 2.05) is 0 Å². The Morgan fingerprint density at radius 2 is 2.00 bits per heavy atom. The van der Waals surface area contributed by atoms with Crippen LogP contribution >= 0.6 is 0 Å². The first kappa shape index (κ1) is 10.5. The average Bonchev–Trinajstić information content (AvgIpc) is 2.65. The molecule has 0 radical (unpaired) electrons. The van der Waals surface area contributed by atoms with Gasteiger partial charge in [-0.15, -0.1) is 0 Å². The van der Waals surface area contributed by atoms with Gasteiger partial charge >= 0.3 is 5.97 Å². The summed E-state index contributed by atoms with van der Waals surface area (Å²) in [4.78, 5) is 10.9. The Hall–Kier alpha value is -0.580. The Labute approximate surface area is 78.2 Å². The van der Waals surface area contributed by atoms with Gasteiger partial charge in [0.15, 0.2) is 0 Å². The average molecular weight is 206 g/mol. The minimum atomic E-state index is -2.98. The van der Waals surface area contributed by atoms with E-state index >= 15 is 0 Å². The Bertz CT molecular complexity index is 300. The van der Waals surface area contributed by atoms with E-state index in [1.54, 1.807) is 0 Å². The van der Waals surface area contributed by atoms with Crippen LogP contribution in [0.5, 0.6) is 0 Å². The number of rotatable bonds is 4. The fraction of sp³-hybridized carbons (Fsp3) is 0.875. The number of carbonyl (C=O) groups is 1. The molecule has 13 heavy (non-hydrogen) atoms. The molecular formula is C8H14O4S. The van der Waals surface area contributed by atoms with Gasteiger partial charge in [0.05, 0.1) is 19.3 Å². The molecule has 1 aliphatic carbocycles. The number of sulfone groups is 1. The maximum absolute atomic E-state index is 11.0. The van der Waals surface area contributed by atoms with Gasteiger partial charge < -0.3 is 4.74 Å². The molecule has 0 N–H and O–H groups in total. The fourth-order valence-electron chi connectivity index (χ4n) is 1.48. The van der Waals surface area contributed by atoms with Crippen LogP contribution in [0, 0.1) is 5.41 Å². The molecule has 0 aromatic rings. The van der Waals surface area contributed by atoms with Gasteiger partial charge in [-0.1, -0.05) is 0 Å². The van der Waals surface area contributed by atoms with Crippen molar-refractivity contribution in [3.8, 4) is 0 Å². The van der Waals surface area contributed by atoms with Crippen molar-refractivity contribution in [2.75, 3.05) is 19.1 Å². The summed E-state index contributed by atoms with van der Waals surface area (Å²) in [6, 6.07) is 0. The van der Waals surface area contributed by atoms with E-state index in [-0.39, 0.29) is 23.6 Å². The monoisotopic (exact) mass is 206 g/mol. The summed E-state index contributed by atoms with van der Waals surface area (Å²) in [5, 5.41) is 0. The van der Waals surface area contributed by atoms with Gasteiger partial charge in [0, 0.05) is 6.26 Å². The molecule has 0 bridgehead atoms. The molecule has 0 heterocycles. The molecule has 1 saturated carbocycles. The second-order valence-corrected chi connectivity index (χ2v) is 5.96. The van der Waals surface area contributed by atoms with E-state index < -0.39 is 9.84 Å². The third kappa shape index (κ3) is 3.34. The van der Waals surface area contributed by atoms with Crippen LogP contribution in [0.3, 0.4) is 0 Å². The number of ether oxygens (including phenoxy) is 1. The summed E-state index contributed by atoms with van der Waals surface area (Å²) in [5.74, 6) is -0.212. The van der Waals surface area contributed by atoms with E-state index in [1.165, 1.54) is 13.4 Å². The highest BCUT2D eigenvalue weighted by molar-refractivity contribution is 7.90. The Morgan fingerprint density at radius 3 is 2.31 bits per heavy atom. The van der Waals surface area contributed by atoms with Crippen LogP contribution in [0.25, 0.3) is 0 Å². The van der Waals surface area contributed by atoms with Crippen LogP contribution in [-0.2, 0) is 19.4 Å². The van der Waals surface area contributed by atoms with Crippen molar-refractivity contribution in [2.45, 2.75) is 19.3 Å². The molecule has 5 heteroatoms. The summed E-state index contributed by atoms with van der Waals surface area (Å²) < 4.78 is 26.5. The molecule has 1 rings (SSSR count). The molecule has 76 valence electrons. The molecule has 0 saturated heterocycles. The summed E-state index contributed by atoms with van der Waals surface area (Å²) >= 11 is 0. The van der Waals surface area contributed by atoms with Crippen molar-refractivity contribution >= 4 is 15.8 Å². The summed E-state index contributed by atoms with van der Waals surface area (Å²) in [6.45, 7) is 0. The smallest absolute Gasteiger partial charge is 0.306 e. The molecular weight excluding hydrogens is 192 g/mol. The van der Waals surface area contributed by atoms with Crippen molar-refractivity contribution in [3.05, 3.63) is 0 Å². The fourth-order valence-corrected chi connectivity index (χ4v) is 2.99. The zero-order valence-corrected chi connectivity index (χ0v) is 8.69. The molecule has 4 nitrogen and oxygen atoms in total. The van der Waals surface area contributed by atoms with Crippen LogP contribution in [0.1, 0.15) is 19.3 Å². The lowest BCUT2D eigenvalue weighted by molar-refractivity contribution is -0.141. The largest absolute Gasteiger partial charge is 0.469 e. The van der Waals surface area contributed by atoms with Gasteiger partial charge in [0.1, 0.15) is 9.84 Å². The first-order valence-corrected chi connectivity index (χ1v) is 6.18. The van der Waals surface area contributed by atoms with Crippen molar-refractivity contribution in [3.63, 3.8) is 0 Å². The van der Waals surface area contributed by atoms with Crippen LogP contribution in [0.4, 0.5) is 0 Å². The highest BCUT2D eigenvalue weighted by Gasteiger charge is 2.46. The number of hydrogen-bond donors (Lipinski definition) is 0. The summed E-state index contributed by atoms with van der Waals surface area (Å²) in [6.07, 6.45) is 3.06. The highest BCUT2D eigenvalue weighted by Crippen LogP contribution is 2.49. The van der Waals surface area contributed by atoms with Crippen LogP contribution in [0.2, 0.25) is 0 Å². The Kier molecular flexibility index (Phi) is 2.66. The van der Waals surface area contributed by atoms with Crippen LogP contribution in [-0.4, -0.2) is 33.5 Å². The van der Waals surface area contributed by atoms with E-state index in [9.17, 15) is 13.2 Å². The molecule has 1 fully saturated rings. The van der Waals surface area contributed by atoms with Gasteiger partial charge in [-0.3, -0.25) is 4.79 Å². The van der Waals surface area contributed by atoms with Crippen molar-refractivity contribution in [1.29, 1.82) is 0 Å². The van der Waals surface area contributed by atoms with E-state index in [0.29, 0.717) is 0 Å². The molecule has 0 aromatic heterocycles. The SMILES string of the molecule is COC(=O)CC1(CS(C)(=O)=O)CC1.